The van der Waals surface area contributed by atoms with Gasteiger partial charge in [0.1, 0.15) is 17.7 Å². The van der Waals surface area contributed by atoms with Crippen LogP contribution < -0.4 is 11.5 Å². The molecule has 1 heterocycles. The van der Waals surface area contributed by atoms with Crippen molar-refractivity contribution >= 4 is 11.9 Å². The van der Waals surface area contributed by atoms with E-state index in [-0.39, 0.29) is 29.4 Å². The monoisotopic (exact) mass is 462 g/mol. The highest BCUT2D eigenvalue weighted by molar-refractivity contribution is 5.84. The summed E-state index contributed by atoms with van der Waals surface area (Å²) in [6, 6.07) is 10.6. The molecule has 180 valence electrons. The molecule has 0 spiro atoms. The topological polar surface area (TPSA) is 122 Å². The quantitative estimate of drug-likeness (QED) is 0.626. The number of likely N-dealkylation sites (tertiary alicyclic amines) is 1. The van der Waals surface area contributed by atoms with Gasteiger partial charge < -0.3 is 21.1 Å². The Labute approximate surface area is 200 Å². The van der Waals surface area contributed by atoms with Gasteiger partial charge in [-0.25, -0.2) is 0 Å². The predicted octanol–water partition coefficient (Wildman–Crippen LogP) is 2.28. The van der Waals surface area contributed by atoms with E-state index < -0.39 is 17.7 Å². The van der Waals surface area contributed by atoms with Crippen LogP contribution in [0.1, 0.15) is 56.9 Å². The SMILES string of the molecule is N#C[C@@H]1CC2CC2N1C(=O)[C@@H](N)C12CC3C[C@H](CC(OC(=O)C(N)Cc4ccccc4)(C3)C1)C2. The molecule has 1 aliphatic heterocycles. The molecule has 7 heteroatoms. The van der Waals surface area contributed by atoms with Gasteiger partial charge in [0, 0.05) is 6.04 Å². The number of esters is 1. The molecule has 5 aliphatic carbocycles. The summed E-state index contributed by atoms with van der Waals surface area (Å²) >= 11 is 0. The van der Waals surface area contributed by atoms with Gasteiger partial charge in [-0.3, -0.25) is 9.59 Å². The molecular weight excluding hydrogens is 428 g/mol. The van der Waals surface area contributed by atoms with Crippen molar-refractivity contribution in [1.29, 1.82) is 5.26 Å². The fourth-order valence-electron chi connectivity index (χ4n) is 8.28. The number of hydrogen-bond donors (Lipinski definition) is 2. The maximum atomic E-state index is 13.6. The van der Waals surface area contributed by atoms with Crippen LogP contribution in [0.3, 0.4) is 0 Å². The van der Waals surface area contributed by atoms with E-state index in [9.17, 15) is 14.9 Å². The van der Waals surface area contributed by atoms with Gasteiger partial charge in [0.2, 0.25) is 5.91 Å². The molecular formula is C27H34N4O3. The molecule has 5 saturated carbocycles. The number of benzene rings is 1. The Morgan fingerprint density at radius 1 is 1.09 bits per heavy atom. The van der Waals surface area contributed by atoms with E-state index in [4.69, 9.17) is 16.2 Å². The van der Waals surface area contributed by atoms with E-state index in [1.165, 1.54) is 0 Å². The van der Waals surface area contributed by atoms with Crippen molar-refractivity contribution in [3.63, 3.8) is 0 Å². The Morgan fingerprint density at radius 2 is 1.79 bits per heavy atom. The first-order valence-corrected chi connectivity index (χ1v) is 12.8. The molecule has 1 aromatic carbocycles. The molecule has 7 nitrogen and oxygen atoms in total. The number of rotatable bonds is 6. The molecule has 6 fully saturated rings. The number of ether oxygens (including phenoxy) is 1. The second kappa shape index (κ2) is 7.79. The third-order valence-electron chi connectivity index (χ3n) is 9.40. The molecule has 6 aliphatic rings. The molecule has 1 saturated heterocycles. The summed E-state index contributed by atoms with van der Waals surface area (Å²) in [5.41, 5.74) is 13.1. The minimum Gasteiger partial charge on any atom is -0.458 e. The molecule has 9 atom stereocenters. The van der Waals surface area contributed by atoms with Crippen LogP contribution in [-0.2, 0) is 20.7 Å². The summed E-state index contributed by atoms with van der Waals surface area (Å²) in [4.78, 5) is 28.5. The Hall–Kier alpha value is -2.43. The second-order valence-electron chi connectivity index (χ2n) is 11.9. The normalized spacial score (nSPS) is 40.9. The Balaban J connectivity index is 1.20. The van der Waals surface area contributed by atoms with Crippen LogP contribution in [-0.4, -0.2) is 46.5 Å². The largest absolute Gasteiger partial charge is 0.458 e. The van der Waals surface area contributed by atoms with Crippen molar-refractivity contribution in [2.24, 2.45) is 34.6 Å². The second-order valence-corrected chi connectivity index (χ2v) is 11.9. The van der Waals surface area contributed by atoms with Crippen molar-refractivity contribution in [3.05, 3.63) is 35.9 Å². The van der Waals surface area contributed by atoms with E-state index in [2.05, 4.69) is 6.07 Å². The summed E-state index contributed by atoms with van der Waals surface area (Å²) in [5, 5.41) is 9.58. The molecule has 0 radical (unpaired) electrons. The van der Waals surface area contributed by atoms with Gasteiger partial charge in [0.05, 0.1) is 12.1 Å². The lowest BCUT2D eigenvalue weighted by Gasteiger charge is -2.62. The number of piperidine rings is 1. The van der Waals surface area contributed by atoms with Crippen LogP contribution in [0.2, 0.25) is 0 Å². The molecule has 7 rings (SSSR count). The number of hydrogen-bond acceptors (Lipinski definition) is 6. The van der Waals surface area contributed by atoms with Gasteiger partial charge in [-0.05, 0) is 86.5 Å². The van der Waals surface area contributed by atoms with Crippen LogP contribution in [0, 0.1) is 34.5 Å². The minimum absolute atomic E-state index is 0.0687. The third kappa shape index (κ3) is 3.54. The lowest BCUT2D eigenvalue weighted by atomic mass is 9.46. The zero-order chi connectivity index (χ0) is 23.7. The first-order chi connectivity index (χ1) is 16.3. The minimum atomic E-state index is -0.713. The molecule has 34 heavy (non-hydrogen) atoms. The third-order valence-corrected chi connectivity index (χ3v) is 9.40. The van der Waals surface area contributed by atoms with Gasteiger partial charge in [-0.1, -0.05) is 30.3 Å². The zero-order valence-corrected chi connectivity index (χ0v) is 19.6. The number of nitrogens with two attached hydrogens (primary N) is 2. The Kier molecular flexibility index (Phi) is 5.06. The van der Waals surface area contributed by atoms with E-state index in [1.54, 1.807) is 4.90 Å². The maximum absolute atomic E-state index is 13.6. The van der Waals surface area contributed by atoms with Crippen LogP contribution in [0.5, 0.6) is 0 Å². The van der Waals surface area contributed by atoms with Gasteiger partial charge in [-0.15, -0.1) is 0 Å². The smallest absolute Gasteiger partial charge is 0.323 e. The molecule has 1 amide bonds. The average molecular weight is 463 g/mol. The molecule has 0 aromatic heterocycles. The number of nitriles is 1. The lowest BCUT2D eigenvalue weighted by Crippen LogP contribution is -2.66. The fraction of sp³-hybridized carbons (Fsp3) is 0.667. The molecule has 6 unspecified atom stereocenters. The average Bonchev–Trinajstić information content (AvgIpc) is 3.47. The van der Waals surface area contributed by atoms with Crippen molar-refractivity contribution in [2.45, 2.75) is 87.6 Å². The standard InChI is InChI=1S/C27H34N4O3/c28-14-20-8-19-9-22(19)31(20)24(32)23(30)26-10-17-6-18(11-26)13-27(12-17,15-26)34-25(33)21(29)7-16-4-2-1-3-5-16/h1-5,17-23H,6-13,15,29-30H2/t17-,18?,19?,20-,21?,22?,23+,26?,27?/m0/s1. The van der Waals surface area contributed by atoms with E-state index in [0.29, 0.717) is 30.6 Å². The maximum Gasteiger partial charge on any atom is 0.323 e. The first-order valence-electron chi connectivity index (χ1n) is 12.8. The fourth-order valence-corrected chi connectivity index (χ4v) is 8.28. The van der Waals surface area contributed by atoms with Gasteiger partial charge in [0.25, 0.3) is 0 Å². The lowest BCUT2D eigenvalue weighted by molar-refractivity contribution is -0.207. The molecule has 4 bridgehead atoms. The summed E-state index contributed by atoms with van der Waals surface area (Å²) in [7, 11) is 0. The van der Waals surface area contributed by atoms with Gasteiger partial charge >= 0.3 is 5.97 Å². The van der Waals surface area contributed by atoms with Crippen molar-refractivity contribution < 1.29 is 14.3 Å². The summed E-state index contributed by atoms with van der Waals surface area (Å²) < 4.78 is 6.24. The van der Waals surface area contributed by atoms with Gasteiger partial charge in [0.15, 0.2) is 0 Å². The zero-order valence-electron chi connectivity index (χ0n) is 19.6. The number of amides is 1. The molecule has 1 aromatic rings. The summed E-state index contributed by atoms with van der Waals surface area (Å²) in [6.45, 7) is 0. The van der Waals surface area contributed by atoms with Crippen molar-refractivity contribution in [1.82, 2.24) is 4.90 Å². The first kappa shape index (κ1) is 22.1. The Bertz CT molecular complexity index is 1020. The number of carbonyl (C=O) groups excluding carboxylic acids is 2. The number of nitrogens with zero attached hydrogens (tertiary/aromatic N) is 2. The van der Waals surface area contributed by atoms with Crippen LogP contribution >= 0.6 is 0 Å². The summed E-state index contributed by atoms with van der Waals surface area (Å²) in [6.07, 6.45) is 7.45. The van der Waals surface area contributed by atoms with E-state index >= 15 is 0 Å². The van der Waals surface area contributed by atoms with Crippen LogP contribution in [0.4, 0.5) is 0 Å². The highest BCUT2D eigenvalue weighted by Gasteiger charge is 2.64. The van der Waals surface area contributed by atoms with Crippen LogP contribution in [0.25, 0.3) is 0 Å². The summed E-state index contributed by atoms with van der Waals surface area (Å²) in [5.74, 6) is 0.872. The Morgan fingerprint density at radius 3 is 2.47 bits per heavy atom. The van der Waals surface area contributed by atoms with Crippen molar-refractivity contribution in [3.8, 4) is 6.07 Å². The highest BCUT2D eigenvalue weighted by atomic mass is 16.6. The van der Waals surface area contributed by atoms with Gasteiger partial charge in [-0.2, -0.15) is 5.26 Å². The predicted molar refractivity (Wildman–Crippen MR) is 125 cm³/mol. The van der Waals surface area contributed by atoms with E-state index in [1.807, 2.05) is 30.3 Å². The van der Waals surface area contributed by atoms with E-state index in [0.717, 1.165) is 50.5 Å². The number of fused-ring (bicyclic) bond motifs is 1. The van der Waals surface area contributed by atoms with Crippen LogP contribution in [0.15, 0.2) is 30.3 Å². The highest BCUT2D eigenvalue weighted by Crippen LogP contribution is 2.64. The molecule has 4 N–H and O–H groups in total. The number of carbonyl (C=O) groups is 2. The van der Waals surface area contributed by atoms with Crippen molar-refractivity contribution in [2.75, 3.05) is 0 Å².